The summed E-state index contributed by atoms with van der Waals surface area (Å²) in [6.07, 6.45) is 1.54. The van der Waals surface area contributed by atoms with Crippen molar-refractivity contribution in [2.45, 2.75) is 39.3 Å². The van der Waals surface area contributed by atoms with E-state index in [9.17, 15) is 4.79 Å². The Morgan fingerprint density at radius 2 is 2.00 bits per heavy atom. The highest BCUT2D eigenvalue weighted by atomic mass is 16.4. The minimum Gasteiger partial charge on any atom is -0.480 e. The molecule has 0 spiro atoms. The highest BCUT2D eigenvalue weighted by molar-refractivity contribution is 5.73. The van der Waals surface area contributed by atoms with Crippen LogP contribution in [-0.4, -0.2) is 17.1 Å². The van der Waals surface area contributed by atoms with E-state index in [-0.39, 0.29) is 0 Å². The van der Waals surface area contributed by atoms with Crippen LogP contribution in [0.1, 0.15) is 30.9 Å². The second-order valence-corrected chi connectivity index (χ2v) is 4.05. The summed E-state index contributed by atoms with van der Waals surface area (Å²) in [5.74, 6) is -0.769. The van der Waals surface area contributed by atoms with Gasteiger partial charge in [-0.2, -0.15) is 0 Å². The van der Waals surface area contributed by atoms with Crippen LogP contribution in [0.15, 0.2) is 24.3 Å². The lowest BCUT2D eigenvalue weighted by molar-refractivity contribution is -0.139. The molecule has 1 aromatic rings. The van der Waals surface area contributed by atoms with Gasteiger partial charge in [-0.3, -0.25) is 4.79 Å². The first-order chi connectivity index (χ1) is 7.63. The van der Waals surface area contributed by atoms with E-state index in [0.717, 1.165) is 12.0 Å². The van der Waals surface area contributed by atoms with Crippen molar-refractivity contribution < 1.29 is 9.90 Å². The third kappa shape index (κ3) is 4.03. The van der Waals surface area contributed by atoms with Crippen LogP contribution in [0.5, 0.6) is 0 Å². The highest BCUT2D eigenvalue weighted by Crippen LogP contribution is 2.04. The third-order valence-corrected chi connectivity index (χ3v) is 2.55. The Bertz CT molecular complexity index is 332. The van der Waals surface area contributed by atoms with Crippen LogP contribution in [0.3, 0.4) is 0 Å². The maximum Gasteiger partial charge on any atom is 0.320 e. The standard InChI is InChI=1S/C13H19NO2/c1-3-4-12(13(15)16)14-9-11-7-5-10(2)6-8-11/h5-8,12,14H,3-4,9H2,1-2H3,(H,15,16). The maximum atomic E-state index is 10.9. The van der Waals surface area contributed by atoms with E-state index < -0.39 is 12.0 Å². The number of hydrogen-bond donors (Lipinski definition) is 2. The average molecular weight is 221 g/mol. The molecule has 0 radical (unpaired) electrons. The minimum absolute atomic E-state index is 0.439. The maximum absolute atomic E-state index is 10.9. The van der Waals surface area contributed by atoms with Gasteiger partial charge < -0.3 is 10.4 Å². The zero-order valence-corrected chi connectivity index (χ0v) is 9.86. The fourth-order valence-electron chi connectivity index (χ4n) is 1.55. The Morgan fingerprint density at radius 3 is 2.50 bits per heavy atom. The van der Waals surface area contributed by atoms with Gasteiger partial charge >= 0.3 is 5.97 Å². The molecule has 1 aromatic carbocycles. The van der Waals surface area contributed by atoms with Crippen LogP contribution in [0.4, 0.5) is 0 Å². The van der Waals surface area contributed by atoms with Crippen LogP contribution in [0.2, 0.25) is 0 Å². The second-order valence-electron chi connectivity index (χ2n) is 4.05. The second kappa shape index (κ2) is 6.28. The Hall–Kier alpha value is -1.35. The summed E-state index contributed by atoms with van der Waals surface area (Å²) in [6.45, 7) is 4.63. The molecule has 0 bridgehead atoms. The number of carbonyl (C=O) groups is 1. The van der Waals surface area contributed by atoms with Crippen molar-refractivity contribution in [3.63, 3.8) is 0 Å². The predicted octanol–water partition coefficient (Wildman–Crippen LogP) is 2.34. The molecule has 0 aromatic heterocycles. The number of carboxylic acid groups (broad SMARTS) is 1. The number of benzene rings is 1. The van der Waals surface area contributed by atoms with Crippen molar-refractivity contribution in [3.8, 4) is 0 Å². The summed E-state index contributed by atoms with van der Waals surface area (Å²) in [5.41, 5.74) is 2.33. The van der Waals surface area contributed by atoms with Crippen LogP contribution in [-0.2, 0) is 11.3 Å². The first-order valence-electron chi connectivity index (χ1n) is 5.65. The molecule has 0 fully saturated rings. The Labute approximate surface area is 96.5 Å². The molecule has 0 aliphatic rings. The lowest BCUT2D eigenvalue weighted by atomic mass is 10.1. The van der Waals surface area contributed by atoms with Crippen LogP contribution in [0.25, 0.3) is 0 Å². The lowest BCUT2D eigenvalue weighted by Crippen LogP contribution is -2.35. The van der Waals surface area contributed by atoms with E-state index in [2.05, 4.69) is 5.32 Å². The Kier molecular flexibility index (Phi) is 4.99. The molecule has 0 heterocycles. The molecule has 3 nitrogen and oxygen atoms in total. The van der Waals surface area contributed by atoms with Gasteiger partial charge in [0.1, 0.15) is 6.04 Å². The normalized spacial score (nSPS) is 12.4. The minimum atomic E-state index is -0.769. The molecular formula is C13H19NO2. The van der Waals surface area contributed by atoms with E-state index in [4.69, 9.17) is 5.11 Å². The van der Waals surface area contributed by atoms with E-state index >= 15 is 0 Å². The number of aliphatic carboxylic acids is 1. The Balaban J connectivity index is 2.48. The van der Waals surface area contributed by atoms with Crippen LogP contribution in [0, 0.1) is 6.92 Å². The highest BCUT2D eigenvalue weighted by Gasteiger charge is 2.14. The zero-order valence-electron chi connectivity index (χ0n) is 9.86. The molecule has 1 atom stereocenters. The van der Waals surface area contributed by atoms with Crippen molar-refractivity contribution in [1.29, 1.82) is 0 Å². The van der Waals surface area contributed by atoms with Crippen LogP contribution < -0.4 is 5.32 Å². The summed E-state index contributed by atoms with van der Waals surface area (Å²) < 4.78 is 0. The van der Waals surface area contributed by atoms with Gasteiger partial charge in [-0.25, -0.2) is 0 Å². The van der Waals surface area contributed by atoms with E-state index in [1.807, 2.05) is 38.1 Å². The van der Waals surface area contributed by atoms with Crippen molar-refractivity contribution in [2.24, 2.45) is 0 Å². The van der Waals surface area contributed by atoms with E-state index in [0.29, 0.717) is 13.0 Å². The fraction of sp³-hybridized carbons (Fsp3) is 0.462. The van der Waals surface area contributed by atoms with Crippen LogP contribution >= 0.6 is 0 Å². The number of rotatable bonds is 6. The van der Waals surface area contributed by atoms with Crippen molar-refractivity contribution in [2.75, 3.05) is 0 Å². The smallest absolute Gasteiger partial charge is 0.320 e. The van der Waals surface area contributed by atoms with Gasteiger partial charge in [0.05, 0.1) is 0 Å². The van der Waals surface area contributed by atoms with E-state index in [1.165, 1.54) is 5.56 Å². The average Bonchev–Trinajstić information content (AvgIpc) is 2.26. The summed E-state index contributed by atoms with van der Waals surface area (Å²) in [6, 6.07) is 7.67. The molecule has 0 aliphatic heterocycles. The molecule has 0 amide bonds. The number of hydrogen-bond acceptors (Lipinski definition) is 2. The number of nitrogens with one attached hydrogen (secondary N) is 1. The predicted molar refractivity (Wildman–Crippen MR) is 64.4 cm³/mol. The van der Waals surface area contributed by atoms with Gasteiger partial charge in [-0.05, 0) is 18.9 Å². The lowest BCUT2D eigenvalue weighted by Gasteiger charge is -2.13. The SMILES string of the molecule is CCCC(NCc1ccc(C)cc1)C(=O)O. The van der Waals surface area contributed by atoms with E-state index in [1.54, 1.807) is 0 Å². The first-order valence-corrected chi connectivity index (χ1v) is 5.65. The first kappa shape index (κ1) is 12.7. The molecule has 88 valence electrons. The van der Waals surface area contributed by atoms with Gasteiger partial charge in [0, 0.05) is 6.54 Å². The van der Waals surface area contributed by atoms with Crippen molar-refractivity contribution >= 4 is 5.97 Å². The monoisotopic (exact) mass is 221 g/mol. The third-order valence-electron chi connectivity index (χ3n) is 2.55. The quantitative estimate of drug-likeness (QED) is 0.775. The molecule has 1 rings (SSSR count). The molecule has 2 N–H and O–H groups in total. The zero-order chi connectivity index (χ0) is 12.0. The molecule has 16 heavy (non-hydrogen) atoms. The van der Waals surface area contributed by atoms with Crippen molar-refractivity contribution in [3.05, 3.63) is 35.4 Å². The van der Waals surface area contributed by atoms with Gasteiger partial charge in [-0.15, -0.1) is 0 Å². The molecule has 0 aliphatic carbocycles. The van der Waals surface area contributed by atoms with Gasteiger partial charge in [0.15, 0.2) is 0 Å². The number of carboxylic acids is 1. The summed E-state index contributed by atoms with van der Waals surface area (Å²) in [7, 11) is 0. The molecule has 1 unspecified atom stereocenters. The Morgan fingerprint density at radius 1 is 1.38 bits per heavy atom. The topological polar surface area (TPSA) is 49.3 Å². The van der Waals surface area contributed by atoms with Crippen molar-refractivity contribution in [1.82, 2.24) is 5.32 Å². The van der Waals surface area contributed by atoms with Gasteiger partial charge in [0.25, 0.3) is 0 Å². The van der Waals surface area contributed by atoms with Gasteiger partial charge in [0.2, 0.25) is 0 Å². The molecule has 0 saturated carbocycles. The largest absolute Gasteiger partial charge is 0.480 e. The van der Waals surface area contributed by atoms with Gasteiger partial charge in [-0.1, -0.05) is 43.2 Å². The summed E-state index contributed by atoms with van der Waals surface area (Å²) in [4.78, 5) is 10.9. The molecule has 0 saturated heterocycles. The summed E-state index contributed by atoms with van der Waals surface area (Å²) in [5, 5.41) is 12.0. The summed E-state index contributed by atoms with van der Waals surface area (Å²) >= 11 is 0. The molecular weight excluding hydrogens is 202 g/mol. The number of aryl methyl sites for hydroxylation is 1. The fourth-order valence-corrected chi connectivity index (χ4v) is 1.55. The molecule has 3 heteroatoms.